The minimum atomic E-state index is -0.975. The molecule has 26 heavy (non-hydrogen) atoms. The monoisotopic (exact) mass is 349 g/mol. The molecule has 0 saturated carbocycles. The molecule has 4 rings (SSSR count). The molecule has 0 radical (unpaired) electrons. The van der Waals surface area contributed by atoms with Crippen molar-refractivity contribution >= 4 is 29.2 Å². The fraction of sp³-hybridized carbons (Fsp3) is 0.250. The van der Waals surface area contributed by atoms with Crippen LogP contribution in [-0.4, -0.2) is 32.4 Å². The number of pyridine rings is 1. The molecule has 1 aliphatic heterocycles. The van der Waals surface area contributed by atoms with Crippen LogP contribution in [0.5, 0.6) is 0 Å². The molecule has 0 spiro atoms. The van der Waals surface area contributed by atoms with Gasteiger partial charge < -0.3 is 9.84 Å². The number of carboxylic acids is 1. The highest BCUT2D eigenvalue weighted by molar-refractivity contribution is 6.03. The molecule has 132 valence electrons. The minimum absolute atomic E-state index is 0.226. The summed E-state index contributed by atoms with van der Waals surface area (Å²) < 4.78 is 7.13. The van der Waals surface area contributed by atoms with E-state index in [4.69, 9.17) is 4.74 Å². The quantitative estimate of drug-likeness (QED) is 0.785. The number of carbonyl (C=O) groups is 1. The van der Waals surface area contributed by atoms with Crippen molar-refractivity contribution in [1.29, 1.82) is 0 Å². The predicted octanol–water partition coefficient (Wildman–Crippen LogP) is 3.22. The van der Waals surface area contributed by atoms with Gasteiger partial charge in [-0.15, -0.1) is 0 Å². The first-order valence-corrected chi connectivity index (χ1v) is 8.49. The van der Waals surface area contributed by atoms with Gasteiger partial charge in [0.25, 0.3) is 0 Å². The zero-order valence-electron chi connectivity index (χ0n) is 14.7. The Bertz CT molecular complexity index is 1050. The number of rotatable bonds is 3. The van der Waals surface area contributed by atoms with Crippen LogP contribution < -0.4 is 0 Å². The molecule has 1 N–H and O–H groups in total. The fourth-order valence-corrected chi connectivity index (χ4v) is 3.50. The number of aromatic carboxylic acids is 1. The second-order valence-electron chi connectivity index (χ2n) is 6.43. The molecule has 0 atom stereocenters. The topological polar surface area (TPSA) is 77.2 Å². The average molecular weight is 349 g/mol. The van der Waals surface area contributed by atoms with Crippen LogP contribution in [0.2, 0.25) is 0 Å². The SMILES string of the molecule is Cc1nn(C)c2nc(/C=C/c3cccc4c3CCOC4)cc(C(=O)O)c12. The smallest absolute Gasteiger partial charge is 0.336 e. The normalized spacial score (nSPS) is 14.1. The van der Waals surface area contributed by atoms with E-state index in [0.717, 1.165) is 18.6 Å². The molecule has 6 heteroatoms. The lowest BCUT2D eigenvalue weighted by Crippen LogP contribution is -2.10. The van der Waals surface area contributed by atoms with Crippen molar-refractivity contribution in [3.8, 4) is 0 Å². The molecule has 6 nitrogen and oxygen atoms in total. The van der Waals surface area contributed by atoms with Gasteiger partial charge in [0, 0.05) is 7.05 Å². The number of hydrogen-bond donors (Lipinski definition) is 1. The molecule has 3 aromatic rings. The summed E-state index contributed by atoms with van der Waals surface area (Å²) in [6.45, 7) is 3.16. The van der Waals surface area contributed by atoms with Gasteiger partial charge in [-0.1, -0.05) is 24.3 Å². The highest BCUT2D eigenvalue weighted by Crippen LogP contribution is 2.25. The molecule has 0 saturated heterocycles. The van der Waals surface area contributed by atoms with Crippen LogP contribution in [0, 0.1) is 6.92 Å². The first kappa shape index (κ1) is 16.5. The van der Waals surface area contributed by atoms with E-state index in [1.54, 1.807) is 24.7 Å². The number of hydrogen-bond acceptors (Lipinski definition) is 4. The number of carboxylic acid groups (broad SMARTS) is 1. The molecular weight excluding hydrogens is 330 g/mol. The zero-order chi connectivity index (χ0) is 18.3. The van der Waals surface area contributed by atoms with Crippen molar-refractivity contribution in [1.82, 2.24) is 14.8 Å². The lowest BCUT2D eigenvalue weighted by molar-refractivity contribution is 0.0699. The molecule has 0 fully saturated rings. The first-order chi connectivity index (χ1) is 12.5. The van der Waals surface area contributed by atoms with Gasteiger partial charge in [-0.2, -0.15) is 5.10 Å². The summed E-state index contributed by atoms with van der Waals surface area (Å²) in [6.07, 6.45) is 4.73. The maximum absolute atomic E-state index is 11.7. The molecule has 2 aromatic heterocycles. The molecular formula is C20H19N3O3. The van der Waals surface area contributed by atoms with E-state index in [0.29, 0.717) is 29.0 Å². The first-order valence-electron chi connectivity index (χ1n) is 8.49. The van der Waals surface area contributed by atoms with E-state index >= 15 is 0 Å². The third kappa shape index (κ3) is 2.78. The van der Waals surface area contributed by atoms with Gasteiger partial charge in [0.15, 0.2) is 5.65 Å². The maximum atomic E-state index is 11.7. The molecule has 1 aromatic carbocycles. The second-order valence-corrected chi connectivity index (χ2v) is 6.43. The Morgan fingerprint density at radius 1 is 1.35 bits per heavy atom. The predicted molar refractivity (Wildman–Crippen MR) is 98.9 cm³/mol. The van der Waals surface area contributed by atoms with Crippen LogP contribution in [-0.2, 0) is 24.8 Å². The second kappa shape index (κ2) is 6.38. The number of aryl methyl sites for hydroxylation is 2. The van der Waals surface area contributed by atoms with Gasteiger partial charge in [0.2, 0.25) is 0 Å². The lowest BCUT2D eigenvalue weighted by Gasteiger charge is -2.18. The van der Waals surface area contributed by atoms with Gasteiger partial charge >= 0.3 is 5.97 Å². The number of benzene rings is 1. The Kier molecular flexibility index (Phi) is 4.05. The van der Waals surface area contributed by atoms with Gasteiger partial charge in [-0.25, -0.2) is 9.78 Å². The summed E-state index contributed by atoms with van der Waals surface area (Å²) >= 11 is 0. The highest BCUT2D eigenvalue weighted by Gasteiger charge is 2.17. The van der Waals surface area contributed by atoms with Crippen molar-refractivity contribution in [2.24, 2.45) is 7.05 Å². The van der Waals surface area contributed by atoms with E-state index in [9.17, 15) is 9.90 Å². The summed E-state index contributed by atoms with van der Waals surface area (Å²) in [5.74, 6) is -0.975. The minimum Gasteiger partial charge on any atom is -0.478 e. The van der Waals surface area contributed by atoms with E-state index in [1.165, 1.54) is 11.1 Å². The van der Waals surface area contributed by atoms with Crippen molar-refractivity contribution < 1.29 is 14.6 Å². The summed E-state index contributed by atoms with van der Waals surface area (Å²) in [5, 5.41) is 14.5. The third-order valence-electron chi connectivity index (χ3n) is 4.72. The lowest BCUT2D eigenvalue weighted by atomic mass is 9.96. The Balaban J connectivity index is 1.80. The summed E-state index contributed by atoms with van der Waals surface area (Å²) in [5.41, 5.74) is 5.67. The van der Waals surface area contributed by atoms with Crippen molar-refractivity contribution in [3.63, 3.8) is 0 Å². The summed E-state index contributed by atoms with van der Waals surface area (Å²) in [7, 11) is 1.77. The van der Waals surface area contributed by atoms with E-state index < -0.39 is 5.97 Å². The third-order valence-corrected chi connectivity index (χ3v) is 4.72. The molecule has 0 amide bonds. The van der Waals surface area contributed by atoms with Crippen LogP contribution in [0.15, 0.2) is 24.3 Å². The number of aromatic nitrogens is 3. The van der Waals surface area contributed by atoms with Crippen molar-refractivity contribution in [2.75, 3.05) is 6.61 Å². The standard InChI is InChI=1S/C20H19N3O3/c1-12-18-17(20(24)25)10-15(21-19(18)23(2)22-12)7-6-13-4-3-5-14-11-26-9-8-16(13)14/h3-7,10H,8-9,11H2,1-2H3,(H,24,25)/b7-6+. The maximum Gasteiger partial charge on any atom is 0.336 e. The molecule has 3 heterocycles. The Labute approximate surface area is 150 Å². The van der Waals surface area contributed by atoms with Gasteiger partial charge in [0.1, 0.15) is 0 Å². The van der Waals surface area contributed by atoms with Crippen molar-refractivity contribution in [3.05, 3.63) is 57.9 Å². The van der Waals surface area contributed by atoms with Crippen molar-refractivity contribution in [2.45, 2.75) is 20.0 Å². The average Bonchev–Trinajstić information content (AvgIpc) is 2.93. The van der Waals surface area contributed by atoms with Gasteiger partial charge in [-0.05, 0) is 42.2 Å². The Hall–Kier alpha value is -2.99. The number of ether oxygens (including phenoxy) is 1. The molecule has 0 aliphatic carbocycles. The summed E-state index contributed by atoms with van der Waals surface area (Å²) in [4.78, 5) is 16.3. The number of nitrogens with zero attached hydrogens (tertiary/aromatic N) is 3. The van der Waals surface area contributed by atoms with E-state index in [1.807, 2.05) is 18.2 Å². The van der Waals surface area contributed by atoms with E-state index in [2.05, 4.69) is 22.2 Å². The van der Waals surface area contributed by atoms with Gasteiger partial charge in [-0.3, -0.25) is 4.68 Å². The number of fused-ring (bicyclic) bond motifs is 2. The van der Waals surface area contributed by atoms with Gasteiger partial charge in [0.05, 0.1) is 35.6 Å². The van der Waals surface area contributed by atoms with Crippen LogP contribution in [0.4, 0.5) is 0 Å². The van der Waals surface area contributed by atoms with Crippen LogP contribution in [0.3, 0.4) is 0 Å². The molecule has 0 bridgehead atoms. The largest absolute Gasteiger partial charge is 0.478 e. The summed E-state index contributed by atoms with van der Waals surface area (Å²) in [6, 6.07) is 7.76. The highest BCUT2D eigenvalue weighted by atomic mass is 16.5. The Morgan fingerprint density at radius 2 is 2.19 bits per heavy atom. The van der Waals surface area contributed by atoms with Crippen LogP contribution in [0.1, 0.15) is 38.4 Å². The molecule has 0 unspecified atom stereocenters. The molecule has 1 aliphatic rings. The van der Waals surface area contributed by atoms with Crippen LogP contribution >= 0.6 is 0 Å². The van der Waals surface area contributed by atoms with Crippen LogP contribution in [0.25, 0.3) is 23.2 Å². The Morgan fingerprint density at radius 3 is 3.00 bits per heavy atom. The van der Waals surface area contributed by atoms with E-state index in [-0.39, 0.29) is 5.56 Å². The zero-order valence-corrected chi connectivity index (χ0v) is 14.7. The fourth-order valence-electron chi connectivity index (χ4n) is 3.50.